The standard InChI is InChI=1S/C31H24IS2.2C6HF5O3S/c1-23-12-21-31(32)30(22-23)24-13-15-25(16-14-24)33-26-17-19-29(20-18-26)34(27-8-4-2-5-9-27)28-10-6-3-7-11-28;2*7-1-2(8)4(10)6(15(12,13)14)5(11)3(1)9/h2-22H,1H3;2*(H,12,13,14)/q+1;;/p-1. The summed E-state index contributed by atoms with van der Waals surface area (Å²) in [6.45, 7) is 2.15. The Morgan fingerprint density at radius 2 is 0.859 bits per heavy atom. The van der Waals surface area contributed by atoms with E-state index in [0.717, 1.165) is 0 Å². The third-order valence-corrected chi connectivity index (χ3v) is 14.3. The molecule has 0 saturated carbocycles. The number of aryl methyl sites for hydroxylation is 1. The van der Waals surface area contributed by atoms with Crippen molar-refractivity contribution in [1.29, 1.82) is 0 Å². The average molecular weight is 1080 g/mol. The van der Waals surface area contributed by atoms with Crippen LogP contribution in [0.3, 0.4) is 0 Å². The van der Waals surface area contributed by atoms with Crippen LogP contribution in [0.4, 0.5) is 43.9 Å². The topological polar surface area (TPSA) is 112 Å². The second-order valence-electron chi connectivity index (χ2n) is 12.7. The molecule has 0 bridgehead atoms. The van der Waals surface area contributed by atoms with Gasteiger partial charge in [-0.25, -0.2) is 52.3 Å². The molecule has 0 spiro atoms. The van der Waals surface area contributed by atoms with E-state index in [1.807, 2.05) is 11.8 Å². The summed E-state index contributed by atoms with van der Waals surface area (Å²) in [5.74, 6) is -25.4. The zero-order valence-electron chi connectivity index (χ0n) is 31.9. The van der Waals surface area contributed by atoms with Gasteiger partial charge in [0.05, 0.1) is 10.9 Å². The molecule has 0 fully saturated rings. The van der Waals surface area contributed by atoms with Crippen LogP contribution in [-0.2, 0) is 31.1 Å². The van der Waals surface area contributed by atoms with Crippen LogP contribution in [-0.4, -0.2) is 25.9 Å². The average Bonchev–Trinajstić information content (AvgIpc) is 3.26. The van der Waals surface area contributed by atoms with Crippen molar-refractivity contribution >= 4 is 65.5 Å². The molecule has 0 aliphatic rings. The van der Waals surface area contributed by atoms with Crippen LogP contribution < -0.4 is 0 Å². The molecular formula is C43H25F10IO6S4. The molecule has 0 radical (unpaired) electrons. The molecule has 0 heterocycles. The van der Waals surface area contributed by atoms with E-state index < -0.39 is 88.2 Å². The molecule has 6 nitrogen and oxygen atoms in total. The van der Waals surface area contributed by atoms with Gasteiger partial charge in [0.1, 0.15) is 15.0 Å². The van der Waals surface area contributed by atoms with Crippen LogP contribution in [0.15, 0.2) is 162 Å². The molecule has 0 saturated heterocycles. The number of benzene rings is 7. The van der Waals surface area contributed by atoms with Gasteiger partial charge >= 0.3 is 10.1 Å². The van der Waals surface area contributed by atoms with E-state index in [-0.39, 0.29) is 10.9 Å². The first-order valence-corrected chi connectivity index (χ1v) is 23.4. The summed E-state index contributed by atoms with van der Waals surface area (Å²) in [5, 5.41) is 0. The smallest absolute Gasteiger partial charge is 0.300 e. The highest BCUT2D eigenvalue weighted by molar-refractivity contribution is 14.1. The molecule has 0 atom stereocenters. The van der Waals surface area contributed by atoms with E-state index in [0.29, 0.717) is 0 Å². The fraction of sp³-hybridized carbons (Fsp3) is 0.0233. The van der Waals surface area contributed by atoms with Gasteiger partial charge in [0.15, 0.2) is 66.1 Å². The molecule has 334 valence electrons. The monoisotopic (exact) mass is 1080 g/mol. The summed E-state index contributed by atoms with van der Waals surface area (Å²) in [6, 6.07) is 46.2. The van der Waals surface area contributed by atoms with Crippen LogP contribution >= 0.6 is 34.4 Å². The molecule has 1 N–H and O–H groups in total. The largest absolute Gasteiger partial charge is 0.744 e. The molecule has 7 aromatic rings. The Morgan fingerprint density at radius 1 is 0.500 bits per heavy atom. The van der Waals surface area contributed by atoms with Crippen molar-refractivity contribution in [3.8, 4) is 11.1 Å². The minimum absolute atomic E-state index is 0.108. The highest BCUT2D eigenvalue weighted by Crippen LogP contribution is 2.36. The van der Waals surface area contributed by atoms with E-state index in [9.17, 15) is 65.3 Å². The second kappa shape index (κ2) is 20.9. The highest BCUT2D eigenvalue weighted by Gasteiger charge is 2.33. The van der Waals surface area contributed by atoms with Gasteiger partial charge in [0.25, 0.3) is 0 Å². The summed E-state index contributed by atoms with van der Waals surface area (Å²) in [5.41, 5.74) is 3.86. The minimum Gasteiger partial charge on any atom is -0.744 e. The molecule has 7 aromatic carbocycles. The van der Waals surface area contributed by atoms with Crippen molar-refractivity contribution < 1.29 is 69.8 Å². The molecule has 0 aliphatic carbocycles. The van der Waals surface area contributed by atoms with Crippen LogP contribution in [0, 0.1) is 68.7 Å². The molecule has 0 aliphatic heterocycles. The van der Waals surface area contributed by atoms with Crippen molar-refractivity contribution in [2.45, 2.75) is 41.2 Å². The number of rotatable bonds is 8. The summed E-state index contributed by atoms with van der Waals surface area (Å²) in [7, 11) is -11.4. The molecule has 0 aromatic heterocycles. The Morgan fingerprint density at radius 3 is 1.25 bits per heavy atom. The van der Waals surface area contributed by atoms with Gasteiger partial charge in [-0.1, -0.05) is 78.0 Å². The van der Waals surface area contributed by atoms with Gasteiger partial charge in [-0.05, 0) is 107 Å². The lowest BCUT2D eigenvalue weighted by Crippen LogP contribution is -2.12. The molecule has 0 unspecified atom stereocenters. The van der Waals surface area contributed by atoms with Gasteiger partial charge in [0, 0.05) is 13.4 Å². The Bertz CT molecular complexity index is 2850. The maximum absolute atomic E-state index is 12.6. The maximum Gasteiger partial charge on any atom is 0.300 e. The molecule has 64 heavy (non-hydrogen) atoms. The molecule has 7 rings (SSSR count). The second-order valence-corrected chi connectivity index (χ2v) is 19.8. The van der Waals surface area contributed by atoms with Crippen molar-refractivity contribution in [2.75, 3.05) is 0 Å². The first-order chi connectivity index (χ1) is 30.0. The van der Waals surface area contributed by atoms with Gasteiger partial charge in [-0.15, -0.1) is 0 Å². The highest BCUT2D eigenvalue weighted by atomic mass is 127. The van der Waals surface area contributed by atoms with Gasteiger partial charge < -0.3 is 4.55 Å². The maximum atomic E-state index is 12.6. The number of halogens is 11. The third kappa shape index (κ3) is 11.7. The normalized spacial score (nSPS) is 11.4. The van der Waals surface area contributed by atoms with E-state index in [2.05, 4.69) is 157 Å². The minimum atomic E-state index is -5.77. The number of hydrogen-bond donors (Lipinski definition) is 1. The SMILES string of the molecule is Cc1ccc(I)c(-c2ccc(Sc3ccc([S+](c4ccccc4)c4ccccc4)cc3)cc2)c1.O=S(=O)(O)c1c(F)c(F)c(F)c(F)c1F.O=S(=O)([O-])c1c(F)c(F)c(F)c(F)c1F. The van der Waals surface area contributed by atoms with Crippen LogP contribution in [0.5, 0.6) is 0 Å². The van der Waals surface area contributed by atoms with Crippen LogP contribution in [0.1, 0.15) is 5.56 Å². The van der Waals surface area contributed by atoms with Gasteiger partial charge in [-0.2, -0.15) is 8.42 Å². The van der Waals surface area contributed by atoms with E-state index in [1.54, 1.807) is 0 Å². The Kier molecular flexibility index (Phi) is 16.4. The Hall–Kier alpha value is -4.91. The summed E-state index contributed by atoms with van der Waals surface area (Å²) in [4.78, 5) is 1.89. The lowest BCUT2D eigenvalue weighted by atomic mass is 10.0. The van der Waals surface area contributed by atoms with E-state index in [4.69, 9.17) is 4.55 Å². The van der Waals surface area contributed by atoms with Crippen molar-refractivity contribution in [3.05, 3.63) is 195 Å². The quantitative estimate of drug-likeness (QED) is 0.0403. The van der Waals surface area contributed by atoms with Crippen molar-refractivity contribution in [2.24, 2.45) is 0 Å². The number of hydrogen-bond acceptors (Lipinski definition) is 6. The Labute approximate surface area is 380 Å². The first kappa shape index (κ1) is 50.1. The Balaban J connectivity index is 0.000000213. The molecular weight excluding hydrogens is 1060 g/mol. The summed E-state index contributed by atoms with van der Waals surface area (Å²) in [6.07, 6.45) is 0. The predicted molar refractivity (Wildman–Crippen MR) is 225 cm³/mol. The lowest BCUT2D eigenvalue weighted by Gasteiger charge is -2.10. The van der Waals surface area contributed by atoms with E-state index >= 15 is 0 Å². The van der Waals surface area contributed by atoms with E-state index in [1.165, 1.54) is 44.7 Å². The van der Waals surface area contributed by atoms with Crippen molar-refractivity contribution in [3.63, 3.8) is 0 Å². The fourth-order valence-electron chi connectivity index (χ4n) is 5.48. The summed E-state index contributed by atoms with van der Waals surface area (Å²) >= 11 is 4.23. The lowest BCUT2D eigenvalue weighted by molar-refractivity contribution is 0.350. The summed E-state index contributed by atoms with van der Waals surface area (Å²) < 4.78 is 185. The van der Waals surface area contributed by atoms with Gasteiger partial charge in [-0.3, -0.25) is 4.55 Å². The van der Waals surface area contributed by atoms with Gasteiger partial charge in [0.2, 0.25) is 11.6 Å². The first-order valence-electron chi connectivity index (χ1n) is 17.5. The third-order valence-electron chi connectivity index (χ3n) is 8.39. The zero-order chi connectivity index (χ0) is 47.3. The zero-order valence-corrected chi connectivity index (χ0v) is 37.3. The fourth-order valence-corrected chi connectivity index (χ4v) is 10.3. The molecule has 21 heteroatoms. The predicted octanol–water partition coefficient (Wildman–Crippen LogP) is 12.4. The van der Waals surface area contributed by atoms with Crippen LogP contribution in [0.25, 0.3) is 11.1 Å². The van der Waals surface area contributed by atoms with Crippen molar-refractivity contribution in [1.82, 2.24) is 0 Å². The molecule has 0 amide bonds. The van der Waals surface area contributed by atoms with Crippen LogP contribution in [0.2, 0.25) is 0 Å².